The van der Waals surface area contributed by atoms with E-state index in [4.69, 9.17) is 4.74 Å². The van der Waals surface area contributed by atoms with Gasteiger partial charge < -0.3 is 4.74 Å². The molecule has 0 saturated carbocycles. The fourth-order valence-electron chi connectivity index (χ4n) is 2.90. The van der Waals surface area contributed by atoms with Crippen LogP contribution in [0.1, 0.15) is 36.7 Å². The van der Waals surface area contributed by atoms with Crippen molar-refractivity contribution in [2.75, 3.05) is 13.7 Å². The normalized spacial score (nSPS) is 19.9. The Bertz CT molecular complexity index is 541. The van der Waals surface area contributed by atoms with Gasteiger partial charge in [0.1, 0.15) is 5.75 Å². The molecule has 3 heterocycles. The molecule has 0 aliphatic carbocycles. The molecule has 0 radical (unpaired) electrons. The summed E-state index contributed by atoms with van der Waals surface area (Å²) in [6.45, 7) is 1.90. The second-order valence-corrected chi connectivity index (χ2v) is 5.15. The van der Waals surface area contributed by atoms with Crippen molar-refractivity contribution in [1.29, 1.82) is 0 Å². The van der Waals surface area contributed by atoms with Gasteiger partial charge in [-0.1, -0.05) is 6.42 Å². The topological polar surface area (TPSA) is 54.0 Å². The number of nitrogens with zero attached hydrogens (tertiary/aromatic N) is 3. The molecule has 5 nitrogen and oxygen atoms in total. The van der Waals surface area contributed by atoms with E-state index in [1.807, 2.05) is 24.5 Å². The van der Waals surface area contributed by atoms with E-state index in [1.54, 1.807) is 7.11 Å². The molecule has 1 aliphatic heterocycles. The molecule has 5 heteroatoms. The third-order valence-electron chi connectivity index (χ3n) is 3.92. The van der Waals surface area contributed by atoms with E-state index < -0.39 is 0 Å². The van der Waals surface area contributed by atoms with Crippen LogP contribution in [0.15, 0.2) is 30.6 Å². The number of H-pyrrole nitrogens is 1. The Kier molecular flexibility index (Phi) is 3.97. The number of piperidine rings is 1. The highest BCUT2D eigenvalue weighted by atomic mass is 16.5. The van der Waals surface area contributed by atoms with Gasteiger partial charge in [-0.3, -0.25) is 15.0 Å². The number of aromatic nitrogens is 3. The Labute approximate surface area is 119 Å². The summed E-state index contributed by atoms with van der Waals surface area (Å²) in [5.41, 5.74) is 2.20. The first-order valence-corrected chi connectivity index (χ1v) is 7.09. The van der Waals surface area contributed by atoms with Crippen molar-refractivity contribution < 1.29 is 4.74 Å². The van der Waals surface area contributed by atoms with Gasteiger partial charge in [-0.05, 0) is 37.6 Å². The predicted molar refractivity (Wildman–Crippen MR) is 76.4 cm³/mol. The number of likely N-dealkylation sites (tertiary alicyclic amines) is 1. The van der Waals surface area contributed by atoms with Crippen LogP contribution in [0.2, 0.25) is 0 Å². The van der Waals surface area contributed by atoms with E-state index in [9.17, 15) is 0 Å². The van der Waals surface area contributed by atoms with Gasteiger partial charge in [0.2, 0.25) is 0 Å². The van der Waals surface area contributed by atoms with E-state index in [-0.39, 0.29) is 0 Å². The zero-order chi connectivity index (χ0) is 13.8. The van der Waals surface area contributed by atoms with E-state index >= 15 is 0 Å². The number of ether oxygens (including phenoxy) is 1. The van der Waals surface area contributed by atoms with Crippen molar-refractivity contribution in [1.82, 2.24) is 20.1 Å². The minimum atomic E-state index is 0.401. The van der Waals surface area contributed by atoms with Crippen LogP contribution in [0.25, 0.3) is 0 Å². The lowest BCUT2D eigenvalue weighted by Crippen LogP contribution is -2.33. The van der Waals surface area contributed by atoms with Crippen LogP contribution >= 0.6 is 0 Å². The lowest BCUT2D eigenvalue weighted by Gasteiger charge is -2.34. The molecule has 1 fully saturated rings. The minimum Gasteiger partial charge on any atom is -0.495 e. The van der Waals surface area contributed by atoms with E-state index in [0.717, 1.165) is 31.0 Å². The van der Waals surface area contributed by atoms with Crippen molar-refractivity contribution >= 4 is 0 Å². The highest BCUT2D eigenvalue weighted by Gasteiger charge is 2.26. The van der Waals surface area contributed by atoms with Crippen molar-refractivity contribution in [3.63, 3.8) is 0 Å². The molecule has 2 aromatic rings. The van der Waals surface area contributed by atoms with Gasteiger partial charge in [-0.25, -0.2) is 0 Å². The number of methoxy groups -OCH3 is 1. The first kappa shape index (κ1) is 13.1. The van der Waals surface area contributed by atoms with Gasteiger partial charge >= 0.3 is 0 Å². The molecule has 1 aliphatic rings. The molecule has 0 amide bonds. The average molecular weight is 272 g/mol. The second-order valence-electron chi connectivity index (χ2n) is 5.15. The zero-order valence-corrected chi connectivity index (χ0v) is 11.7. The zero-order valence-electron chi connectivity index (χ0n) is 11.7. The van der Waals surface area contributed by atoms with Gasteiger partial charge in [0, 0.05) is 18.9 Å². The maximum absolute atomic E-state index is 5.40. The van der Waals surface area contributed by atoms with Crippen LogP contribution in [-0.4, -0.2) is 33.7 Å². The van der Waals surface area contributed by atoms with Gasteiger partial charge in [0.15, 0.2) is 0 Å². The average Bonchev–Trinajstić information content (AvgIpc) is 3.02. The smallest absolute Gasteiger partial charge is 0.141 e. The van der Waals surface area contributed by atoms with Gasteiger partial charge in [0.05, 0.1) is 24.5 Å². The standard InChI is InChI=1S/C15H20N4O/c1-20-15-6-4-8-16-13(15)11-19-10-3-2-5-14(19)12-7-9-17-18-12/h4,6-9,14H,2-3,5,10-11H2,1H3,(H,17,18). The second kappa shape index (κ2) is 6.05. The highest BCUT2D eigenvalue weighted by molar-refractivity contribution is 5.26. The van der Waals surface area contributed by atoms with Crippen LogP contribution in [0, 0.1) is 0 Å². The van der Waals surface area contributed by atoms with Crippen molar-refractivity contribution in [2.45, 2.75) is 31.8 Å². The molecule has 3 rings (SSSR count). The number of nitrogens with one attached hydrogen (secondary N) is 1. The molecular formula is C15H20N4O. The fourth-order valence-corrected chi connectivity index (χ4v) is 2.90. The lowest BCUT2D eigenvalue weighted by molar-refractivity contribution is 0.134. The molecule has 0 aromatic carbocycles. The molecule has 0 spiro atoms. The third kappa shape index (κ3) is 2.67. The third-order valence-corrected chi connectivity index (χ3v) is 3.92. The SMILES string of the molecule is COc1cccnc1CN1CCCCC1c1ccn[nH]1. The maximum Gasteiger partial charge on any atom is 0.141 e. The Morgan fingerprint density at radius 2 is 2.30 bits per heavy atom. The Morgan fingerprint density at radius 1 is 1.35 bits per heavy atom. The molecule has 0 bridgehead atoms. The van der Waals surface area contributed by atoms with Crippen LogP contribution in [0.3, 0.4) is 0 Å². The summed E-state index contributed by atoms with van der Waals surface area (Å²) in [6.07, 6.45) is 7.31. The molecule has 2 aromatic heterocycles. The van der Waals surface area contributed by atoms with Gasteiger partial charge in [0.25, 0.3) is 0 Å². The number of aromatic amines is 1. The molecule has 106 valence electrons. The summed E-state index contributed by atoms with van der Waals surface area (Å²) in [5, 5.41) is 7.19. The summed E-state index contributed by atoms with van der Waals surface area (Å²) in [4.78, 5) is 6.93. The molecule has 1 N–H and O–H groups in total. The summed E-state index contributed by atoms with van der Waals surface area (Å²) >= 11 is 0. The minimum absolute atomic E-state index is 0.401. The Balaban J connectivity index is 1.80. The number of hydrogen-bond donors (Lipinski definition) is 1. The molecule has 1 saturated heterocycles. The number of pyridine rings is 1. The fraction of sp³-hybridized carbons (Fsp3) is 0.467. The molecular weight excluding hydrogens is 252 g/mol. The molecule has 20 heavy (non-hydrogen) atoms. The highest BCUT2D eigenvalue weighted by Crippen LogP contribution is 2.31. The van der Waals surface area contributed by atoms with Crippen molar-refractivity contribution in [3.05, 3.63) is 42.0 Å². The predicted octanol–water partition coefficient (Wildman–Crippen LogP) is 2.54. The van der Waals surface area contributed by atoms with E-state index in [1.165, 1.54) is 18.5 Å². The monoisotopic (exact) mass is 272 g/mol. The van der Waals surface area contributed by atoms with Crippen LogP contribution in [0.5, 0.6) is 5.75 Å². The maximum atomic E-state index is 5.40. The summed E-state index contributed by atoms with van der Waals surface area (Å²) in [5.74, 6) is 0.862. The quantitative estimate of drug-likeness (QED) is 0.929. The summed E-state index contributed by atoms with van der Waals surface area (Å²) in [6, 6.07) is 6.35. The first-order valence-electron chi connectivity index (χ1n) is 7.09. The van der Waals surface area contributed by atoms with E-state index in [0.29, 0.717) is 6.04 Å². The van der Waals surface area contributed by atoms with Crippen molar-refractivity contribution in [2.24, 2.45) is 0 Å². The van der Waals surface area contributed by atoms with Crippen LogP contribution in [-0.2, 0) is 6.54 Å². The van der Waals surface area contributed by atoms with E-state index in [2.05, 4.69) is 26.1 Å². The lowest BCUT2D eigenvalue weighted by atomic mass is 9.99. The Hall–Kier alpha value is -1.88. The number of hydrogen-bond acceptors (Lipinski definition) is 4. The first-order chi connectivity index (χ1) is 9.88. The van der Waals surface area contributed by atoms with Gasteiger partial charge in [-0.15, -0.1) is 0 Å². The van der Waals surface area contributed by atoms with Crippen molar-refractivity contribution in [3.8, 4) is 5.75 Å². The van der Waals surface area contributed by atoms with Crippen LogP contribution < -0.4 is 4.74 Å². The number of rotatable bonds is 4. The summed E-state index contributed by atoms with van der Waals surface area (Å²) < 4.78 is 5.40. The van der Waals surface area contributed by atoms with Crippen LogP contribution in [0.4, 0.5) is 0 Å². The molecule has 1 atom stereocenters. The molecule has 1 unspecified atom stereocenters. The largest absolute Gasteiger partial charge is 0.495 e. The van der Waals surface area contributed by atoms with Gasteiger partial charge in [-0.2, -0.15) is 5.10 Å². The summed E-state index contributed by atoms with van der Waals surface area (Å²) in [7, 11) is 1.70. The Morgan fingerprint density at radius 3 is 3.10 bits per heavy atom.